The Labute approximate surface area is 125 Å². The average molecular weight is 289 g/mol. The summed E-state index contributed by atoms with van der Waals surface area (Å²) in [5.74, 6) is -0.838. The van der Waals surface area contributed by atoms with Crippen molar-refractivity contribution in [2.24, 2.45) is 0 Å². The Morgan fingerprint density at radius 3 is 2.81 bits per heavy atom. The number of aliphatic hydroxyl groups is 1. The van der Waals surface area contributed by atoms with Crippen LogP contribution in [0.3, 0.4) is 0 Å². The van der Waals surface area contributed by atoms with Gasteiger partial charge in [-0.15, -0.1) is 0 Å². The molecule has 1 aliphatic carbocycles. The molecule has 0 amide bonds. The Morgan fingerprint density at radius 2 is 2.00 bits per heavy atom. The van der Waals surface area contributed by atoms with Crippen LogP contribution in [0.4, 0.5) is 0 Å². The summed E-state index contributed by atoms with van der Waals surface area (Å²) in [4.78, 5) is 13.7. The second-order valence-corrected chi connectivity index (χ2v) is 6.24. The van der Waals surface area contributed by atoms with Crippen molar-refractivity contribution in [2.75, 3.05) is 6.54 Å². The van der Waals surface area contributed by atoms with E-state index in [1.807, 2.05) is 12.1 Å². The van der Waals surface area contributed by atoms with Crippen LogP contribution in [0.5, 0.6) is 0 Å². The molecule has 2 aliphatic rings. The largest absolute Gasteiger partial charge is 0.478 e. The highest BCUT2D eigenvalue weighted by molar-refractivity contribution is 5.89. The van der Waals surface area contributed by atoms with Crippen molar-refractivity contribution in [3.8, 4) is 0 Å². The van der Waals surface area contributed by atoms with Crippen LogP contribution in [-0.4, -0.2) is 39.8 Å². The molecule has 1 heterocycles. The molecule has 2 N–H and O–H groups in total. The SMILES string of the molecule is O=C(O)c1cccc2c1CCN(C1CCCCCC1O)C2. The number of hydrogen-bond acceptors (Lipinski definition) is 3. The van der Waals surface area contributed by atoms with Gasteiger partial charge in [0.1, 0.15) is 0 Å². The van der Waals surface area contributed by atoms with Gasteiger partial charge in [-0.05, 0) is 36.5 Å². The molecular formula is C17H23NO3. The van der Waals surface area contributed by atoms with Crippen LogP contribution >= 0.6 is 0 Å². The Balaban J connectivity index is 1.81. The number of benzene rings is 1. The van der Waals surface area contributed by atoms with Crippen LogP contribution in [0.2, 0.25) is 0 Å². The van der Waals surface area contributed by atoms with Crippen LogP contribution in [0.1, 0.15) is 53.6 Å². The first kappa shape index (κ1) is 14.5. The number of fused-ring (bicyclic) bond motifs is 1. The van der Waals surface area contributed by atoms with E-state index in [0.29, 0.717) is 5.56 Å². The van der Waals surface area contributed by atoms with Gasteiger partial charge in [0.05, 0.1) is 11.7 Å². The van der Waals surface area contributed by atoms with Gasteiger partial charge in [0.25, 0.3) is 0 Å². The minimum absolute atomic E-state index is 0.231. The van der Waals surface area contributed by atoms with E-state index in [1.54, 1.807) is 6.07 Å². The van der Waals surface area contributed by atoms with E-state index in [4.69, 9.17) is 0 Å². The molecule has 2 unspecified atom stereocenters. The summed E-state index contributed by atoms with van der Waals surface area (Å²) in [6.45, 7) is 1.61. The smallest absolute Gasteiger partial charge is 0.335 e. The van der Waals surface area contributed by atoms with Crippen molar-refractivity contribution in [1.29, 1.82) is 0 Å². The van der Waals surface area contributed by atoms with E-state index < -0.39 is 5.97 Å². The van der Waals surface area contributed by atoms with Crippen molar-refractivity contribution in [3.05, 3.63) is 34.9 Å². The molecule has 114 valence electrons. The van der Waals surface area contributed by atoms with E-state index in [9.17, 15) is 15.0 Å². The molecule has 1 aromatic carbocycles. The molecule has 0 radical (unpaired) electrons. The zero-order chi connectivity index (χ0) is 14.8. The fourth-order valence-corrected chi connectivity index (χ4v) is 3.81. The molecule has 2 atom stereocenters. The van der Waals surface area contributed by atoms with Gasteiger partial charge in [-0.2, -0.15) is 0 Å². The van der Waals surface area contributed by atoms with E-state index >= 15 is 0 Å². The van der Waals surface area contributed by atoms with Crippen molar-refractivity contribution >= 4 is 5.97 Å². The second kappa shape index (κ2) is 6.16. The Bertz CT molecular complexity index is 529. The molecule has 1 aromatic rings. The molecule has 0 aromatic heterocycles. The number of carboxylic acid groups (broad SMARTS) is 1. The van der Waals surface area contributed by atoms with E-state index in [-0.39, 0.29) is 12.1 Å². The number of carbonyl (C=O) groups is 1. The number of rotatable bonds is 2. The number of aliphatic hydroxyl groups excluding tert-OH is 1. The molecule has 21 heavy (non-hydrogen) atoms. The maximum Gasteiger partial charge on any atom is 0.335 e. The zero-order valence-corrected chi connectivity index (χ0v) is 12.3. The molecule has 0 bridgehead atoms. The molecule has 4 heteroatoms. The Kier molecular flexibility index (Phi) is 4.27. The van der Waals surface area contributed by atoms with Crippen LogP contribution in [0.25, 0.3) is 0 Å². The monoisotopic (exact) mass is 289 g/mol. The fourth-order valence-electron chi connectivity index (χ4n) is 3.81. The average Bonchev–Trinajstić information content (AvgIpc) is 2.70. The first-order valence-corrected chi connectivity index (χ1v) is 7.93. The van der Waals surface area contributed by atoms with Gasteiger partial charge in [0.15, 0.2) is 0 Å². The third-order valence-corrected chi connectivity index (χ3v) is 4.94. The van der Waals surface area contributed by atoms with Gasteiger partial charge in [0, 0.05) is 19.1 Å². The van der Waals surface area contributed by atoms with Crippen LogP contribution in [-0.2, 0) is 13.0 Å². The molecule has 4 nitrogen and oxygen atoms in total. The second-order valence-electron chi connectivity index (χ2n) is 6.24. The third kappa shape index (κ3) is 2.97. The number of carboxylic acids is 1. The van der Waals surface area contributed by atoms with Gasteiger partial charge in [-0.25, -0.2) is 4.79 Å². The quantitative estimate of drug-likeness (QED) is 0.821. The van der Waals surface area contributed by atoms with Gasteiger partial charge >= 0.3 is 5.97 Å². The highest BCUT2D eigenvalue weighted by Gasteiger charge is 2.30. The predicted molar refractivity (Wildman–Crippen MR) is 80.4 cm³/mol. The van der Waals surface area contributed by atoms with Crippen molar-refractivity contribution in [1.82, 2.24) is 4.90 Å². The molecule has 0 saturated heterocycles. The molecule has 0 spiro atoms. The standard InChI is InChI=1S/C17H23NO3/c19-16-8-3-1-2-7-15(16)18-10-9-13-12(11-18)5-4-6-14(13)17(20)21/h4-6,15-16,19H,1-3,7-11H2,(H,20,21). The minimum Gasteiger partial charge on any atom is -0.478 e. The first-order chi connectivity index (χ1) is 10.2. The van der Waals surface area contributed by atoms with Crippen molar-refractivity contribution < 1.29 is 15.0 Å². The first-order valence-electron chi connectivity index (χ1n) is 7.93. The highest BCUT2D eigenvalue weighted by atomic mass is 16.4. The summed E-state index contributed by atoms with van der Waals surface area (Å²) in [5.41, 5.74) is 2.52. The molecular weight excluding hydrogens is 266 g/mol. The Morgan fingerprint density at radius 1 is 1.19 bits per heavy atom. The van der Waals surface area contributed by atoms with E-state index in [0.717, 1.165) is 49.9 Å². The lowest BCUT2D eigenvalue weighted by atomic mass is 9.92. The zero-order valence-electron chi connectivity index (χ0n) is 12.3. The minimum atomic E-state index is -0.838. The number of nitrogens with zero attached hydrogens (tertiary/aromatic N) is 1. The summed E-state index contributed by atoms with van der Waals surface area (Å²) in [7, 11) is 0. The topological polar surface area (TPSA) is 60.8 Å². The summed E-state index contributed by atoms with van der Waals surface area (Å²) < 4.78 is 0. The summed E-state index contributed by atoms with van der Waals surface area (Å²) in [6, 6.07) is 5.78. The lowest BCUT2D eigenvalue weighted by Gasteiger charge is -2.37. The molecule has 1 fully saturated rings. The van der Waals surface area contributed by atoms with E-state index in [2.05, 4.69) is 4.90 Å². The lowest BCUT2D eigenvalue weighted by molar-refractivity contribution is 0.0363. The molecule has 3 rings (SSSR count). The predicted octanol–water partition coefficient (Wildman–Crippen LogP) is 2.44. The van der Waals surface area contributed by atoms with Gasteiger partial charge in [-0.3, -0.25) is 4.90 Å². The summed E-state index contributed by atoms with van der Waals surface area (Å²) >= 11 is 0. The van der Waals surface area contributed by atoms with Crippen LogP contribution < -0.4 is 0 Å². The molecule has 1 saturated carbocycles. The normalized spacial score (nSPS) is 26.9. The van der Waals surface area contributed by atoms with Gasteiger partial charge in [-0.1, -0.05) is 31.4 Å². The summed E-state index contributed by atoms with van der Waals surface area (Å²) in [6.07, 6.45) is 5.98. The number of hydrogen-bond donors (Lipinski definition) is 2. The third-order valence-electron chi connectivity index (χ3n) is 4.94. The molecule has 1 aliphatic heterocycles. The van der Waals surface area contributed by atoms with Crippen molar-refractivity contribution in [2.45, 2.75) is 57.2 Å². The highest BCUT2D eigenvalue weighted by Crippen LogP contribution is 2.29. The Hall–Kier alpha value is -1.39. The maximum absolute atomic E-state index is 11.3. The maximum atomic E-state index is 11.3. The van der Waals surface area contributed by atoms with Crippen LogP contribution in [0, 0.1) is 0 Å². The number of aromatic carboxylic acids is 1. The lowest BCUT2D eigenvalue weighted by Crippen LogP contribution is -2.45. The summed E-state index contributed by atoms with van der Waals surface area (Å²) in [5, 5.41) is 19.6. The van der Waals surface area contributed by atoms with Gasteiger partial charge < -0.3 is 10.2 Å². The van der Waals surface area contributed by atoms with Gasteiger partial charge in [0.2, 0.25) is 0 Å². The van der Waals surface area contributed by atoms with Crippen LogP contribution in [0.15, 0.2) is 18.2 Å². The fraction of sp³-hybridized carbons (Fsp3) is 0.588. The van der Waals surface area contributed by atoms with Crippen molar-refractivity contribution in [3.63, 3.8) is 0 Å². The van der Waals surface area contributed by atoms with E-state index in [1.165, 1.54) is 12.8 Å².